The summed E-state index contributed by atoms with van der Waals surface area (Å²) in [6.07, 6.45) is 1.39. The van der Waals surface area contributed by atoms with E-state index in [0.29, 0.717) is 5.69 Å². The first kappa shape index (κ1) is 18.2. The highest BCUT2D eigenvalue weighted by Crippen LogP contribution is 2.23. The quantitative estimate of drug-likeness (QED) is 0.835. The van der Waals surface area contributed by atoms with Crippen LogP contribution in [-0.2, 0) is 27.5 Å². The molecule has 120 valence electrons. The van der Waals surface area contributed by atoms with Gasteiger partial charge in [0.15, 0.2) is 9.84 Å². The van der Waals surface area contributed by atoms with Crippen LogP contribution in [0.25, 0.3) is 0 Å². The van der Waals surface area contributed by atoms with Crippen LogP contribution in [0.15, 0.2) is 18.2 Å². The molecule has 0 saturated carbocycles. The van der Waals surface area contributed by atoms with Crippen molar-refractivity contribution in [1.82, 2.24) is 0 Å². The van der Waals surface area contributed by atoms with E-state index >= 15 is 0 Å². The third-order valence-electron chi connectivity index (χ3n) is 3.65. The molecule has 0 fully saturated rings. The molecule has 0 bridgehead atoms. The second-order valence-corrected chi connectivity index (χ2v) is 7.51. The molecule has 22 heavy (non-hydrogen) atoms. The molecule has 0 heterocycles. The van der Waals surface area contributed by atoms with Gasteiger partial charge in [-0.1, -0.05) is 32.0 Å². The van der Waals surface area contributed by atoms with Crippen molar-refractivity contribution < 1.29 is 13.2 Å². The molecule has 1 aromatic rings. The molecule has 0 aliphatic heterocycles. The van der Waals surface area contributed by atoms with Gasteiger partial charge in [0.1, 0.15) is 5.25 Å². The van der Waals surface area contributed by atoms with E-state index in [2.05, 4.69) is 5.32 Å². The summed E-state index contributed by atoms with van der Waals surface area (Å²) in [5, 5.41) is 10.1. The summed E-state index contributed by atoms with van der Waals surface area (Å²) < 4.78 is 24.0. The molecule has 1 amide bonds. The Kier molecular flexibility index (Phi) is 6.57. The van der Waals surface area contributed by atoms with Gasteiger partial charge in [-0.05, 0) is 30.9 Å². The van der Waals surface area contributed by atoms with Crippen molar-refractivity contribution >= 4 is 21.4 Å². The number of nitriles is 1. The minimum atomic E-state index is -3.62. The van der Waals surface area contributed by atoms with Crippen LogP contribution in [0.4, 0.5) is 5.69 Å². The lowest BCUT2D eigenvalue weighted by molar-refractivity contribution is -0.115. The Morgan fingerprint density at radius 1 is 1.27 bits per heavy atom. The molecule has 1 rings (SSSR count). The highest BCUT2D eigenvalue weighted by Gasteiger charge is 2.28. The standard InChI is InChI=1S/C16H22N2O3S/c1-4-13-8-6-9-14(5-2)15(13)18-16(19)12(3)22(20,21)11-7-10-17/h6,8-9,12H,4-5,7,11H2,1-3H3,(H,18,19). The van der Waals surface area contributed by atoms with Gasteiger partial charge in [0, 0.05) is 12.1 Å². The van der Waals surface area contributed by atoms with E-state index in [-0.39, 0.29) is 12.2 Å². The summed E-state index contributed by atoms with van der Waals surface area (Å²) in [5.41, 5.74) is 2.67. The summed E-state index contributed by atoms with van der Waals surface area (Å²) in [4.78, 5) is 12.3. The monoisotopic (exact) mass is 322 g/mol. The molecule has 0 spiro atoms. The number of rotatable bonds is 7. The van der Waals surface area contributed by atoms with Crippen LogP contribution in [0.2, 0.25) is 0 Å². The topological polar surface area (TPSA) is 87.0 Å². The van der Waals surface area contributed by atoms with Gasteiger partial charge in [-0.25, -0.2) is 8.42 Å². The van der Waals surface area contributed by atoms with E-state index in [9.17, 15) is 13.2 Å². The predicted molar refractivity (Wildman–Crippen MR) is 87.3 cm³/mol. The number of carbonyl (C=O) groups excluding carboxylic acids is 1. The molecule has 1 N–H and O–H groups in total. The van der Waals surface area contributed by atoms with Crippen LogP contribution in [0.5, 0.6) is 0 Å². The van der Waals surface area contributed by atoms with E-state index in [1.54, 1.807) is 6.07 Å². The van der Waals surface area contributed by atoms with Gasteiger partial charge in [0.05, 0.1) is 11.8 Å². The molecule has 1 atom stereocenters. The molecule has 0 saturated heterocycles. The van der Waals surface area contributed by atoms with Gasteiger partial charge in [0.25, 0.3) is 0 Å². The third kappa shape index (κ3) is 4.31. The van der Waals surface area contributed by atoms with Crippen LogP contribution in [0.3, 0.4) is 0 Å². The second-order valence-electron chi connectivity index (χ2n) is 5.06. The molecule has 0 radical (unpaired) electrons. The zero-order valence-electron chi connectivity index (χ0n) is 13.2. The fourth-order valence-corrected chi connectivity index (χ4v) is 3.27. The molecule has 0 aliphatic rings. The van der Waals surface area contributed by atoms with Crippen molar-refractivity contribution in [3.05, 3.63) is 29.3 Å². The third-order valence-corrected chi connectivity index (χ3v) is 5.72. The normalized spacial score (nSPS) is 12.5. The number of amides is 1. The maximum Gasteiger partial charge on any atom is 0.242 e. The fraction of sp³-hybridized carbons (Fsp3) is 0.500. The number of carbonyl (C=O) groups is 1. The van der Waals surface area contributed by atoms with Gasteiger partial charge in [-0.15, -0.1) is 0 Å². The SMILES string of the molecule is CCc1cccc(CC)c1NC(=O)C(C)S(=O)(=O)CCC#N. The first-order valence-corrected chi connectivity index (χ1v) is 9.09. The first-order valence-electron chi connectivity index (χ1n) is 7.37. The van der Waals surface area contributed by atoms with Crippen LogP contribution < -0.4 is 5.32 Å². The molecule has 0 aliphatic carbocycles. The maximum atomic E-state index is 12.3. The van der Waals surface area contributed by atoms with E-state index in [1.165, 1.54) is 6.92 Å². The Morgan fingerprint density at radius 2 is 1.82 bits per heavy atom. The molecule has 1 unspecified atom stereocenters. The average molecular weight is 322 g/mol. The van der Waals surface area contributed by atoms with Crippen molar-refractivity contribution in [2.24, 2.45) is 0 Å². The van der Waals surface area contributed by atoms with E-state index in [4.69, 9.17) is 5.26 Å². The van der Waals surface area contributed by atoms with Gasteiger partial charge in [-0.3, -0.25) is 4.79 Å². The van der Waals surface area contributed by atoms with Crippen LogP contribution in [0, 0.1) is 11.3 Å². The summed E-state index contributed by atoms with van der Waals surface area (Å²) >= 11 is 0. The van der Waals surface area contributed by atoms with Crippen LogP contribution in [-0.4, -0.2) is 25.3 Å². The van der Waals surface area contributed by atoms with Gasteiger partial charge >= 0.3 is 0 Å². The Labute approximate surface area is 132 Å². The summed E-state index contributed by atoms with van der Waals surface area (Å²) in [6, 6.07) is 7.56. The van der Waals surface area contributed by atoms with Crippen LogP contribution in [0.1, 0.15) is 38.3 Å². The summed E-state index contributed by atoms with van der Waals surface area (Å²) in [5.74, 6) is -0.845. The Bertz CT molecular complexity index is 653. The molecular weight excluding hydrogens is 300 g/mol. The Morgan fingerprint density at radius 3 is 2.27 bits per heavy atom. The van der Waals surface area contributed by atoms with Crippen LogP contribution >= 0.6 is 0 Å². The van der Waals surface area contributed by atoms with Crippen molar-refractivity contribution in [3.8, 4) is 6.07 Å². The lowest BCUT2D eigenvalue weighted by atomic mass is 10.0. The smallest absolute Gasteiger partial charge is 0.242 e. The maximum absolute atomic E-state index is 12.3. The summed E-state index contributed by atoms with van der Waals surface area (Å²) in [6.45, 7) is 5.33. The molecular formula is C16H22N2O3S. The van der Waals surface area contributed by atoms with Crippen molar-refractivity contribution in [3.63, 3.8) is 0 Å². The lowest BCUT2D eigenvalue weighted by Gasteiger charge is -2.17. The Hall–Kier alpha value is -1.87. The average Bonchev–Trinajstić information content (AvgIpc) is 2.52. The first-order chi connectivity index (χ1) is 10.4. The minimum absolute atomic E-state index is 0.105. The highest BCUT2D eigenvalue weighted by atomic mass is 32.2. The highest BCUT2D eigenvalue weighted by molar-refractivity contribution is 7.92. The van der Waals surface area contributed by atoms with Gasteiger partial charge in [0.2, 0.25) is 5.91 Å². The molecule has 1 aromatic carbocycles. The number of nitrogens with one attached hydrogen (secondary N) is 1. The lowest BCUT2D eigenvalue weighted by Crippen LogP contribution is -2.34. The fourth-order valence-electron chi connectivity index (χ4n) is 2.16. The Balaban J connectivity index is 3.01. The zero-order chi connectivity index (χ0) is 16.8. The van der Waals surface area contributed by atoms with Gasteiger partial charge in [-0.2, -0.15) is 5.26 Å². The van der Waals surface area contributed by atoms with E-state index < -0.39 is 21.0 Å². The number of hydrogen-bond donors (Lipinski definition) is 1. The second kappa shape index (κ2) is 7.95. The van der Waals surface area contributed by atoms with E-state index in [1.807, 2.05) is 32.0 Å². The van der Waals surface area contributed by atoms with Crippen molar-refractivity contribution in [2.75, 3.05) is 11.1 Å². The minimum Gasteiger partial charge on any atom is -0.324 e. The number of anilines is 1. The van der Waals surface area contributed by atoms with Crippen molar-refractivity contribution in [2.45, 2.75) is 45.3 Å². The largest absolute Gasteiger partial charge is 0.324 e. The van der Waals surface area contributed by atoms with Gasteiger partial charge < -0.3 is 5.32 Å². The summed E-state index contributed by atoms with van der Waals surface area (Å²) in [7, 11) is -3.62. The number of hydrogen-bond acceptors (Lipinski definition) is 4. The predicted octanol–water partition coefficient (Wildman–Crippen LogP) is 2.47. The molecule has 5 nitrogen and oxygen atoms in total. The number of para-hydroxylation sites is 1. The van der Waals surface area contributed by atoms with E-state index in [0.717, 1.165) is 24.0 Å². The number of benzene rings is 1. The molecule has 6 heteroatoms. The van der Waals surface area contributed by atoms with Crippen molar-refractivity contribution in [1.29, 1.82) is 5.26 Å². The number of nitrogens with zero attached hydrogens (tertiary/aromatic N) is 1. The number of sulfone groups is 1. The zero-order valence-corrected chi connectivity index (χ0v) is 14.0. The molecule has 0 aromatic heterocycles. The number of aryl methyl sites for hydroxylation is 2.